The van der Waals surface area contributed by atoms with Crippen molar-refractivity contribution in [2.75, 3.05) is 21.3 Å². The van der Waals surface area contributed by atoms with Crippen molar-refractivity contribution >= 4 is 11.6 Å². The molecule has 0 saturated heterocycles. The lowest BCUT2D eigenvalue weighted by atomic mass is 9.94. The summed E-state index contributed by atoms with van der Waals surface area (Å²) < 4.78 is 17.0. The van der Waals surface area contributed by atoms with Crippen LogP contribution in [0.25, 0.3) is 22.3 Å². The SMILES string of the molecule is COc1ccc(C)cc1-c1cc(Cl)cc(-c2cc(C)ccc2OC)c1OC. The van der Waals surface area contributed by atoms with Crippen molar-refractivity contribution in [1.82, 2.24) is 0 Å². The minimum absolute atomic E-state index is 0.618. The summed E-state index contributed by atoms with van der Waals surface area (Å²) in [7, 11) is 4.99. The molecule has 3 aromatic carbocycles. The minimum Gasteiger partial charge on any atom is -0.496 e. The Morgan fingerprint density at radius 1 is 0.593 bits per heavy atom. The maximum atomic E-state index is 6.51. The first-order valence-corrected chi connectivity index (χ1v) is 9.03. The summed E-state index contributed by atoms with van der Waals surface area (Å²) in [5.74, 6) is 2.26. The third-order valence-electron chi connectivity index (χ3n) is 4.55. The number of aryl methyl sites for hydroxylation is 2. The van der Waals surface area contributed by atoms with Gasteiger partial charge in [0.05, 0.1) is 21.3 Å². The van der Waals surface area contributed by atoms with Gasteiger partial charge in [-0.2, -0.15) is 0 Å². The van der Waals surface area contributed by atoms with Crippen LogP contribution >= 0.6 is 11.6 Å². The van der Waals surface area contributed by atoms with Crippen LogP contribution in [0.15, 0.2) is 48.5 Å². The van der Waals surface area contributed by atoms with E-state index in [9.17, 15) is 0 Å². The van der Waals surface area contributed by atoms with E-state index in [1.54, 1.807) is 21.3 Å². The van der Waals surface area contributed by atoms with Gasteiger partial charge in [-0.1, -0.05) is 34.9 Å². The molecule has 0 aromatic heterocycles. The lowest BCUT2D eigenvalue weighted by molar-refractivity contribution is 0.408. The summed E-state index contributed by atoms with van der Waals surface area (Å²) in [6.07, 6.45) is 0. The number of hydrogen-bond donors (Lipinski definition) is 0. The maximum absolute atomic E-state index is 6.51. The Bertz CT molecular complexity index is 905. The molecule has 0 radical (unpaired) electrons. The van der Waals surface area contributed by atoms with Crippen LogP contribution in [-0.2, 0) is 0 Å². The fourth-order valence-corrected chi connectivity index (χ4v) is 3.50. The second kappa shape index (κ2) is 7.93. The molecular formula is C23H23ClO3. The predicted octanol–water partition coefficient (Wildman–Crippen LogP) is 6.32. The van der Waals surface area contributed by atoms with Crippen molar-refractivity contribution in [3.05, 3.63) is 64.7 Å². The molecule has 3 aromatic rings. The second-order valence-electron chi connectivity index (χ2n) is 6.44. The first-order chi connectivity index (χ1) is 13.0. The highest BCUT2D eigenvalue weighted by Crippen LogP contribution is 2.46. The van der Waals surface area contributed by atoms with Crippen molar-refractivity contribution in [2.45, 2.75) is 13.8 Å². The third-order valence-corrected chi connectivity index (χ3v) is 4.77. The van der Waals surface area contributed by atoms with E-state index in [1.807, 2.05) is 50.2 Å². The van der Waals surface area contributed by atoms with E-state index in [0.717, 1.165) is 50.6 Å². The van der Waals surface area contributed by atoms with E-state index >= 15 is 0 Å². The normalized spacial score (nSPS) is 10.6. The van der Waals surface area contributed by atoms with Crippen LogP contribution in [0.5, 0.6) is 17.2 Å². The topological polar surface area (TPSA) is 27.7 Å². The van der Waals surface area contributed by atoms with Gasteiger partial charge in [-0.15, -0.1) is 0 Å². The maximum Gasteiger partial charge on any atom is 0.134 e. The van der Waals surface area contributed by atoms with Crippen molar-refractivity contribution in [1.29, 1.82) is 0 Å². The van der Waals surface area contributed by atoms with E-state index < -0.39 is 0 Å². The van der Waals surface area contributed by atoms with Crippen molar-refractivity contribution in [3.63, 3.8) is 0 Å². The van der Waals surface area contributed by atoms with Crippen LogP contribution in [-0.4, -0.2) is 21.3 Å². The van der Waals surface area contributed by atoms with Gasteiger partial charge >= 0.3 is 0 Å². The summed E-state index contributed by atoms with van der Waals surface area (Å²) in [6.45, 7) is 4.09. The Kier molecular flexibility index (Phi) is 5.62. The highest BCUT2D eigenvalue weighted by Gasteiger charge is 2.20. The fraction of sp³-hybridized carbons (Fsp3) is 0.217. The van der Waals surface area contributed by atoms with Crippen LogP contribution in [0.1, 0.15) is 11.1 Å². The fourth-order valence-electron chi connectivity index (χ4n) is 3.28. The van der Waals surface area contributed by atoms with Crippen LogP contribution in [0.4, 0.5) is 0 Å². The van der Waals surface area contributed by atoms with Crippen LogP contribution in [0.2, 0.25) is 5.02 Å². The summed E-state index contributed by atoms with van der Waals surface area (Å²) in [4.78, 5) is 0. The zero-order valence-corrected chi connectivity index (χ0v) is 17.0. The van der Waals surface area contributed by atoms with Gasteiger partial charge in [0.2, 0.25) is 0 Å². The van der Waals surface area contributed by atoms with Crippen LogP contribution in [0, 0.1) is 13.8 Å². The zero-order valence-electron chi connectivity index (χ0n) is 16.2. The molecule has 3 rings (SSSR count). The highest BCUT2D eigenvalue weighted by atomic mass is 35.5. The average Bonchev–Trinajstić information content (AvgIpc) is 2.67. The molecule has 0 amide bonds. The predicted molar refractivity (Wildman–Crippen MR) is 111 cm³/mol. The smallest absolute Gasteiger partial charge is 0.134 e. The molecular weight excluding hydrogens is 360 g/mol. The molecule has 0 aliphatic heterocycles. The van der Waals surface area contributed by atoms with Crippen LogP contribution in [0.3, 0.4) is 0 Å². The van der Waals surface area contributed by atoms with Crippen molar-refractivity contribution < 1.29 is 14.2 Å². The Balaban J connectivity index is 2.35. The summed E-state index contributed by atoms with van der Waals surface area (Å²) in [5, 5.41) is 0.618. The molecule has 0 N–H and O–H groups in total. The average molecular weight is 383 g/mol. The van der Waals surface area contributed by atoms with E-state index in [-0.39, 0.29) is 0 Å². The van der Waals surface area contributed by atoms with Gasteiger partial charge in [0.15, 0.2) is 0 Å². The Morgan fingerprint density at radius 2 is 1.04 bits per heavy atom. The Morgan fingerprint density at radius 3 is 1.41 bits per heavy atom. The molecule has 140 valence electrons. The summed E-state index contributed by atoms with van der Waals surface area (Å²) >= 11 is 6.51. The van der Waals surface area contributed by atoms with Crippen LogP contribution < -0.4 is 14.2 Å². The van der Waals surface area contributed by atoms with Gasteiger partial charge in [-0.25, -0.2) is 0 Å². The first-order valence-electron chi connectivity index (χ1n) is 8.66. The number of rotatable bonds is 5. The second-order valence-corrected chi connectivity index (χ2v) is 6.88. The third kappa shape index (κ3) is 3.74. The molecule has 4 heteroatoms. The lowest BCUT2D eigenvalue weighted by Gasteiger charge is -2.19. The zero-order chi connectivity index (χ0) is 19.6. The van der Waals surface area contributed by atoms with Gasteiger partial charge in [-0.05, 0) is 50.2 Å². The van der Waals surface area contributed by atoms with Gasteiger partial charge < -0.3 is 14.2 Å². The molecule has 0 fully saturated rings. The molecule has 0 atom stereocenters. The number of methoxy groups -OCH3 is 3. The molecule has 0 saturated carbocycles. The van der Waals surface area contributed by atoms with Crippen molar-refractivity contribution in [2.24, 2.45) is 0 Å². The van der Waals surface area contributed by atoms with Gasteiger partial charge in [0, 0.05) is 27.3 Å². The standard InChI is InChI=1S/C23H23ClO3/c1-14-6-8-21(25-3)17(10-14)19-12-16(24)13-20(23(19)27-5)18-11-15(2)7-9-22(18)26-4/h6-13H,1-5H3. The van der Waals surface area contributed by atoms with Crippen molar-refractivity contribution in [3.8, 4) is 39.5 Å². The molecule has 0 heterocycles. The molecule has 0 aliphatic carbocycles. The molecule has 0 bridgehead atoms. The van der Waals surface area contributed by atoms with Gasteiger partial charge in [-0.3, -0.25) is 0 Å². The quantitative estimate of drug-likeness (QED) is 0.517. The monoisotopic (exact) mass is 382 g/mol. The number of benzene rings is 3. The minimum atomic E-state index is 0.618. The summed E-state index contributed by atoms with van der Waals surface area (Å²) in [5.41, 5.74) is 5.88. The van der Waals surface area contributed by atoms with E-state index in [2.05, 4.69) is 12.1 Å². The Labute approximate surface area is 165 Å². The molecule has 0 aliphatic rings. The van der Waals surface area contributed by atoms with E-state index in [1.165, 1.54) is 0 Å². The van der Waals surface area contributed by atoms with Gasteiger partial charge in [0.25, 0.3) is 0 Å². The first kappa shape index (κ1) is 19.1. The van der Waals surface area contributed by atoms with E-state index in [4.69, 9.17) is 25.8 Å². The molecule has 0 unspecified atom stereocenters. The largest absolute Gasteiger partial charge is 0.496 e. The Hall–Kier alpha value is -2.65. The summed E-state index contributed by atoms with van der Waals surface area (Å²) in [6, 6.07) is 15.9. The van der Waals surface area contributed by atoms with Gasteiger partial charge in [0.1, 0.15) is 17.2 Å². The highest BCUT2D eigenvalue weighted by molar-refractivity contribution is 6.31. The van der Waals surface area contributed by atoms with E-state index in [0.29, 0.717) is 5.02 Å². The molecule has 0 spiro atoms. The molecule has 3 nitrogen and oxygen atoms in total. The number of ether oxygens (including phenoxy) is 3. The number of halogens is 1. The number of hydrogen-bond acceptors (Lipinski definition) is 3. The molecule has 27 heavy (non-hydrogen) atoms. The lowest BCUT2D eigenvalue weighted by Crippen LogP contribution is -1.97.